The number of hydrogen-bond donors (Lipinski definition) is 1. The largest absolute Gasteiger partial charge is 0.416 e. The van der Waals surface area contributed by atoms with Gasteiger partial charge in [-0.25, -0.2) is 8.42 Å². The Morgan fingerprint density at radius 1 is 1.32 bits per heavy atom. The summed E-state index contributed by atoms with van der Waals surface area (Å²) in [5, 5.41) is 2.75. The van der Waals surface area contributed by atoms with Crippen LogP contribution in [0.4, 0.5) is 13.2 Å². The van der Waals surface area contributed by atoms with Crippen molar-refractivity contribution in [2.24, 2.45) is 0 Å². The molecule has 1 unspecified atom stereocenters. The molecule has 1 saturated heterocycles. The number of alkyl halides is 3. The Balaban J connectivity index is 0.00000242. The van der Waals surface area contributed by atoms with Gasteiger partial charge in [0, 0.05) is 24.7 Å². The van der Waals surface area contributed by atoms with Crippen molar-refractivity contribution in [3.05, 3.63) is 28.8 Å². The van der Waals surface area contributed by atoms with E-state index < -0.39 is 26.7 Å². The molecule has 126 valence electrons. The molecule has 0 aliphatic carbocycles. The van der Waals surface area contributed by atoms with Crippen LogP contribution < -0.4 is 5.32 Å². The molecule has 1 aliphatic rings. The molecule has 1 N–H and O–H groups in total. The zero-order valence-corrected chi connectivity index (χ0v) is 13.9. The summed E-state index contributed by atoms with van der Waals surface area (Å²) in [5.41, 5.74) is -1.08. The second kappa shape index (κ2) is 6.92. The minimum absolute atomic E-state index is 0. The number of nitrogens with one attached hydrogen (secondary N) is 1. The normalized spacial score (nSPS) is 19.3. The van der Waals surface area contributed by atoms with Crippen LogP contribution in [0.2, 0.25) is 5.02 Å². The van der Waals surface area contributed by atoms with Gasteiger partial charge >= 0.3 is 6.18 Å². The zero-order chi connectivity index (χ0) is 15.8. The highest BCUT2D eigenvalue weighted by Gasteiger charge is 2.35. The zero-order valence-electron chi connectivity index (χ0n) is 11.5. The number of nitrogens with zero attached hydrogens (tertiary/aromatic N) is 1. The Bertz CT molecular complexity index is 632. The topological polar surface area (TPSA) is 49.4 Å². The highest BCUT2D eigenvalue weighted by atomic mass is 35.5. The summed E-state index contributed by atoms with van der Waals surface area (Å²) in [6.07, 6.45) is -4.04. The molecule has 0 aromatic heterocycles. The predicted octanol–water partition coefficient (Wildman–Crippen LogP) is 2.76. The third-order valence-electron chi connectivity index (χ3n) is 3.42. The van der Waals surface area contributed by atoms with E-state index in [2.05, 4.69) is 5.32 Å². The van der Waals surface area contributed by atoms with Gasteiger partial charge in [0.05, 0.1) is 10.5 Å². The molecular formula is C12H15Cl2F3N2O2S. The number of likely N-dealkylation sites (N-methyl/N-ethyl adjacent to an activating group) is 1. The minimum atomic E-state index is -4.65. The van der Waals surface area contributed by atoms with Gasteiger partial charge in [-0.1, -0.05) is 11.6 Å². The second-order valence-corrected chi connectivity index (χ2v) is 7.28. The Morgan fingerprint density at radius 2 is 1.95 bits per heavy atom. The van der Waals surface area contributed by atoms with Crippen molar-refractivity contribution >= 4 is 34.0 Å². The first-order chi connectivity index (χ1) is 9.62. The average molecular weight is 379 g/mol. The van der Waals surface area contributed by atoms with Crippen LogP contribution in [0.1, 0.15) is 12.0 Å². The van der Waals surface area contributed by atoms with Crippen LogP contribution in [0.25, 0.3) is 0 Å². The molecule has 1 atom stereocenters. The molecule has 1 heterocycles. The Labute approximate surface area is 138 Å². The summed E-state index contributed by atoms with van der Waals surface area (Å²) in [7, 11) is -2.66. The fraction of sp³-hybridized carbons (Fsp3) is 0.500. The van der Waals surface area contributed by atoms with Crippen molar-refractivity contribution in [1.29, 1.82) is 0 Å². The van der Waals surface area contributed by atoms with Crippen LogP contribution in [0.3, 0.4) is 0 Å². The smallest absolute Gasteiger partial charge is 0.315 e. The van der Waals surface area contributed by atoms with E-state index in [0.717, 1.165) is 10.4 Å². The van der Waals surface area contributed by atoms with Crippen LogP contribution in [0.15, 0.2) is 23.1 Å². The van der Waals surface area contributed by atoms with Crippen molar-refractivity contribution in [3.8, 4) is 0 Å². The molecule has 2 rings (SSSR count). The first-order valence-corrected chi connectivity index (χ1v) is 8.01. The first-order valence-electron chi connectivity index (χ1n) is 6.19. The molecule has 10 heteroatoms. The second-order valence-electron chi connectivity index (χ2n) is 4.84. The maximum absolute atomic E-state index is 12.8. The maximum atomic E-state index is 12.8. The lowest BCUT2D eigenvalue weighted by molar-refractivity contribution is -0.137. The lowest BCUT2D eigenvalue weighted by Gasteiger charge is -2.23. The van der Waals surface area contributed by atoms with Crippen LogP contribution in [-0.2, 0) is 16.2 Å². The van der Waals surface area contributed by atoms with Crippen molar-refractivity contribution in [3.63, 3.8) is 0 Å². The van der Waals surface area contributed by atoms with E-state index in [9.17, 15) is 21.6 Å². The molecule has 0 saturated carbocycles. The van der Waals surface area contributed by atoms with E-state index >= 15 is 0 Å². The molecule has 0 bridgehead atoms. The number of benzene rings is 1. The number of hydrogen-bond acceptors (Lipinski definition) is 3. The molecule has 22 heavy (non-hydrogen) atoms. The number of sulfonamides is 1. The summed E-state index contributed by atoms with van der Waals surface area (Å²) < 4.78 is 64.2. The van der Waals surface area contributed by atoms with Gasteiger partial charge in [0.2, 0.25) is 10.0 Å². The predicted molar refractivity (Wildman–Crippen MR) is 79.9 cm³/mol. The fourth-order valence-electron chi connectivity index (χ4n) is 2.19. The fourth-order valence-corrected chi connectivity index (χ4v) is 3.94. The summed E-state index contributed by atoms with van der Waals surface area (Å²) in [4.78, 5) is -0.447. The van der Waals surface area contributed by atoms with Gasteiger partial charge in [-0.3, -0.25) is 0 Å². The molecule has 4 nitrogen and oxygen atoms in total. The van der Waals surface area contributed by atoms with E-state index in [1.165, 1.54) is 7.05 Å². The number of rotatable bonds is 3. The average Bonchev–Trinajstić information content (AvgIpc) is 2.89. The van der Waals surface area contributed by atoms with Gasteiger partial charge in [-0.05, 0) is 31.2 Å². The Hall–Kier alpha value is -0.540. The highest BCUT2D eigenvalue weighted by molar-refractivity contribution is 7.89. The molecule has 1 fully saturated rings. The number of halogens is 5. The maximum Gasteiger partial charge on any atom is 0.416 e. The third-order valence-corrected chi connectivity index (χ3v) is 5.53. The first kappa shape index (κ1) is 19.5. The van der Waals surface area contributed by atoms with Gasteiger partial charge in [0.15, 0.2) is 0 Å². The molecule has 1 aromatic rings. The molecule has 0 radical (unpaired) electrons. The van der Waals surface area contributed by atoms with Crippen molar-refractivity contribution in [2.45, 2.75) is 23.5 Å². The standard InChI is InChI=1S/C12H14ClF3N2O2S.ClH/c1-18(10-2-3-17-7-10)21(19,20)11-5-8(12(14,15)16)4-9(13)6-11;/h4-6,10,17H,2-3,7H2,1H3;1H. The van der Waals surface area contributed by atoms with Gasteiger partial charge in [-0.2, -0.15) is 17.5 Å². The van der Waals surface area contributed by atoms with E-state index in [1.54, 1.807) is 0 Å². The summed E-state index contributed by atoms with van der Waals surface area (Å²) in [5.74, 6) is 0. The Morgan fingerprint density at radius 3 is 2.45 bits per heavy atom. The Kier molecular flexibility index (Phi) is 6.14. The summed E-state index contributed by atoms with van der Waals surface area (Å²) >= 11 is 5.63. The molecule has 0 amide bonds. The minimum Gasteiger partial charge on any atom is -0.315 e. The van der Waals surface area contributed by atoms with E-state index in [-0.39, 0.29) is 23.5 Å². The lowest BCUT2D eigenvalue weighted by Crippen LogP contribution is -2.38. The van der Waals surface area contributed by atoms with E-state index in [1.807, 2.05) is 0 Å². The van der Waals surface area contributed by atoms with Crippen molar-refractivity contribution < 1.29 is 21.6 Å². The van der Waals surface area contributed by atoms with Crippen LogP contribution in [-0.4, -0.2) is 38.9 Å². The SMILES string of the molecule is CN(C1CCNC1)S(=O)(=O)c1cc(Cl)cc(C(F)(F)F)c1.Cl. The van der Waals surface area contributed by atoms with Crippen molar-refractivity contribution in [2.75, 3.05) is 20.1 Å². The quantitative estimate of drug-likeness (QED) is 0.879. The molecule has 1 aliphatic heterocycles. The van der Waals surface area contributed by atoms with Crippen LogP contribution in [0.5, 0.6) is 0 Å². The van der Waals surface area contributed by atoms with E-state index in [0.29, 0.717) is 31.6 Å². The highest BCUT2D eigenvalue weighted by Crippen LogP contribution is 2.33. The van der Waals surface area contributed by atoms with Crippen LogP contribution in [0, 0.1) is 0 Å². The molecular weight excluding hydrogens is 364 g/mol. The van der Waals surface area contributed by atoms with Gasteiger partial charge in [0.25, 0.3) is 0 Å². The lowest BCUT2D eigenvalue weighted by atomic mass is 10.2. The summed E-state index contributed by atoms with van der Waals surface area (Å²) in [6.45, 7) is 1.15. The third kappa shape index (κ3) is 4.05. The van der Waals surface area contributed by atoms with Gasteiger partial charge in [0.1, 0.15) is 0 Å². The molecule has 1 aromatic carbocycles. The van der Waals surface area contributed by atoms with Crippen LogP contribution >= 0.6 is 24.0 Å². The summed E-state index contributed by atoms with van der Waals surface area (Å²) in [6, 6.07) is 2.08. The monoisotopic (exact) mass is 378 g/mol. The van der Waals surface area contributed by atoms with Gasteiger partial charge < -0.3 is 5.32 Å². The van der Waals surface area contributed by atoms with Crippen molar-refractivity contribution in [1.82, 2.24) is 9.62 Å². The van der Waals surface area contributed by atoms with Gasteiger partial charge in [-0.15, -0.1) is 12.4 Å². The molecule has 0 spiro atoms. The van der Waals surface area contributed by atoms with E-state index in [4.69, 9.17) is 11.6 Å².